The highest BCUT2D eigenvalue weighted by Gasteiger charge is 2.25. The van der Waals surface area contributed by atoms with Crippen molar-refractivity contribution < 1.29 is 4.74 Å². The van der Waals surface area contributed by atoms with E-state index in [0.29, 0.717) is 0 Å². The standard InChI is InChI=1S/C15H16N2OS/c1-17-10-14(18-2)19-15(17)16-13-9-5-7-11-6-3-4-8-12(11)13/h3-9,14H,10H2,1-2H3/t14-/m1/s1. The van der Waals surface area contributed by atoms with Gasteiger partial charge in [-0.25, -0.2) is 4.99 Å². The minimum absolute atomic E-state index is 0.179. The molecule has 1 atom stereocenters. The number of rotatable bonds is 2. The number of hydrogen-bond donors (Lipinski definition) is 0. The molecule has 19 heavy (non-hydrogen) atoms. The molecule has 0 saturated carbocycles. The van der Waals surface area contributed by atoms with Gasteiger partial charge in [0.2, 0.25) is 0 Å². The molecular weight excluding hydrogens is 256 g/mol. The fraction of sp³-hybridized carbons (Fsp3) is 0.267. The van der Waals surface area contributed by atoms with E-state index in [4.69, 9.17) is 9.73 Å². The van der Waals surface area contributed by atoms with E-state index in [1.165, 1.54) is 10.8 Å². The normalized spacial score (nSPS) is 21.5. The average Bonchev–Trinajstić information content (AvgIpc) is 2.80. The van der Waals surface area contributed by atoms with Crippen molar-refractivity contribution in [1.82, 2.24) is 4.90 Å². The molecule has 2 aromatic rings. The van der Waals surface area contributed by atoms with Gasteiger partial charge in [0.15, 0.2) is 5.17 Å². The Bertz CT molecular complexity index is 621. The van der Waals surface area contributed by atoms with Gasteiger partial charge in [-0.05, 0) is 11.5 Å². The first-order chi connectivity index (χ1) is 9.28. The SMILES string of the molecule is CO[C@H]1CN(C)C(=Nc2cccc3ccccc23)S1. The second-order valence-corrected chi connectivity index (χ2v) is 5.68. The van der Waals surface area contributed by atoms with Crippen molar-refractivity contribution in [3.05, 3.63) is 42.5 Å². The number of amidine groups is 1. The Labute approximate surface area is 117 Å². The van der Waals surface area contributed by atoms with Gasteiger partial charge in [0.1, 0.15) is 5.44 Å². The number of nitrogens with zero attached hydrogens (tertiary/aromatic N) is 2. The lowest BCUT2D eigenvalue weighted by Crippen LogP contribution is -2.20. The smallest absolute Gasteiger partial charge is 0.166 e. The highest BCUT2D eigenvalue weighted by atomic mass is 32.2. The van der Waals surface area contributed by atoms with Gasteiger partial charge in [-0.2, -0.15) is 0 Å². The molecular formula is C15H16N2OS. The molecule has 0 radical (unpaired) electrons. The van der Waals surface area contributed by atoms with Gasteiger partial charge in [-0.3, -0.25) is 0 Å². The predicted molar refractivity (Wildman–Crippen MR) is 82.1 cm³/mol. The summed E-state index contributed by atoms with van der Waals surface area (Å²) in [6.45, 7) is 0.880. The lowest BCUT2D eigenvalue weighted by molar-refractivity contribution is 0.162. The summed E-state index contributed by atoms with van der Waals surface area (Å²) in [6, 6.07) is 14.6. The molecule has 0 spiro atoms. The van der Waals surface area contributed by atoms with E-state index in [1.807, 2.05) is 0 Å². The molecule has 1 aliphatic rings. The third-order valence-corrected chi connectivity index (χ3v) is 4.45. The monoisotopic (exact) mass is 272 g/mol. The van der Waals surface area contributed by atoms with Crippen molar-refractivity contribution in [2.45, 2.75) is 5.44 Å². The van der Waals surface area contributed by atoms with Gasteiger partial charge < -0.3 is 9.64 Å². The Hall–Kier alpha value is -1.52. The Morgan fingerprint density at radius 2 is 2.00 bits per heavy atom. The maximum absolute atomic E-state index is 5.38. The zero-order chi connectivity index (χ0) is 13.2. The number of aliphatic imine (C=N–C) groups is 1. The number of thioether (sulfide) groups is 1. The van der Waals surface area contributed by atoms with Crippen molar-refractivity contribution >= 4 is 33.4 Å². The number of benzene rings is 2. The van der Waals surface area contributed by atoms with E-state index in [-0.39, 0.29) is 5.44 Å². The minimum atomic E-state index is 0.179. The first kappa shape index (κ1) is 12.5. The highest BCUT2D eigenvalue weighted by molar-refractivity contribution is 8.14. The van der Waals surface area contributed by atoms with Crippen LogP contribution < -0.4 is 0 Å². The maximum atomic E-state index is 5.38. The first-order valence-corrected chi connectivity index (χ1v) is 7.13. The van der Waals surface area contributed by atoms with Crippen LogP contribution in [0.5, 0.6) is 0 Å². The number of likely N-dealkylation sites (N-methyl/N-ethyl adjacent to an activating group) is 1. The lowest BCUT2D eigenvalue weighted by Gasteiger charge is -2.10. The van der Waals surface area contributed by atoms with E-state index < -0.39 is 0 Å². The first-order valence-electron chi connectivity index (χ1n) is 6.25. The fourth-order valence-electron chi connectivity index (χ4n) is 2.19. The highest BCUT2D eigenvalue weighted by Crippen LogP contribution is 2.31. The van der Waals surface area contributed by atoms with E-state index in [0.717, 1.165) is 17.4 Å². The predicted octanol–water partition coefficient (Wildman–Crippen LogP) is 3.48. The van der Waals surface area contributed by atoms with E-state index in [2.05, 4.69) is 54.4 Å². The molecule has 0 amide bonds. The Balaban J connectivity index is 2.01. The third-order valence-electron chi connectivity index (χ3n) is 3.23. The molecule has 3 nitrogen and oxygen atoms in total. The molecule has 1 fully saturated rings. The van der Waals surface area contributed by atoms with Crippen LogP contribution in [0.2, 0.25) is 0 Å². The summed E-state index contributed by atoms with van der Waals surface area (Å²) in [4.78, 5) is 6.93. The van der Waals surface area contributed by atoms with Crippen LogP contribution in [0.25, 0.3) is 10.8 Å². The van der Waals surface area contributed by atoms with E-state index >= 15 is 0 Å². The summed E-state index contributed by atoms with van der Waals surface area (Å²) < 4.78 is 5.38. The number of methoxy groups -OCH3 is 1. The molecule has 3 rings (SSSR count). The zero-order valence-electron chi connectivity index (χ0n) is 11.0. The molecule has 4 heteroatoms. The Morgan fingerprint density at radius 1 is 1.21 bits per heavy atom. The van der Waals surface area contributed by atoms with Crippen LogP contribution in [0.4, 0.5) is 5.69 Å². The summed E-state index contributed by atoms with van der Waals surface area (Å²) in [6.07, 6.45) is 0. The van der Waals surface area contributed by atoms with Gasteiger partial charge in [0, 0.05) is 19.5 Å². The fourth-order valence-corrected chi connectivity index (χ4v) is 3.22. The molecule has 1 heterocycles. The summed E-state index contributed by atoms with van der Waals surface area (Å²) >= 11 is 1.68. The molecule has 2 aromatic carbocycles. The molecule has 0 N–H and O–H groups in total. The lowest BCUT2D eigenvalue weighted by atomic mass is 10.1. The van der Waals surface area contributed by atoms with E-state index in [1.54, 1.807) is 18.9 Å². The quantitative estimate of drug-likeness (QED) is 0.836. The van der Waals surface area contributed by atoms with Crippen molar-refractivity contribution in [2.24, 2.45) is 4.99 Å². The number of fused-ring (bicyclic) bond motifs is 1. The van der Waals surface area contributed by atoms with Gasteiger partial charge >= 0.3 is 0 Å². The summed E-state index contributed by atoms with van der Waals surface area (Å²) in [5.41, 5.74) is 1.20. The molecule has 1 aliphatic heterocycles. The molecule has 98 valence electrons. The summed E-state index contributed by atoms with van der Waals surface area (Å²) in [7, 11) is 3.79. The van der Waals surface area contributed by atoms with Crippen molar-refractivity contribution in [1.29, 1.82) is 0 Å². The summed E-state index contributed by atoms with van der Waals surface area (Å²) in [5, 5.41) is 3.42. The maximum Gasteiger partial charge on any atom is 0.166 e. The largest absolute Gasteiger partial charge is 0.368 e. The molecule has 0 aromatic heterocycles. The van der Waals surface area contributed by atoms with Gasteiger partial charge in [0.05, 0.1) is 12.2 Å². The second kappa shape index (κ2) is 5.23. The molecule has 1 saturated heterocycles. The topological polar surface area (TPSA) is 24.8 Å². The van der Waals surface area contributed by atoms with Crippen molar-refractivity contribution in [2.75, 3.05) is 20.7 Å². The Morgan fingerprint density at radius 3 is 2.79 bits per heavy atom. The van der Waals surface area contributed by atoms with Crippen LogP contribution in [0.1, 0.15) is 0 Å². The minimum Gasteiger partial charge on any atom is -0.368 e. The van der Waals surface area contributed by atoms with E-state index in [9.17, 15) is 0 Å². The van der Waals surface area contributed by atoms with Crippen molar-refractivity contribution in [3.8, 4) is 0 Å². The molecule has 0 bridgehead atoms. The van der Waals surface area contributed by atoms with Crippen LogP contribution in [0.3, 0.4) is 0 Å². The molecule has 0 aliphatic carbocycles. The van der Waals surface area contributed by atoms with Crippen LogP contribution >= 0.6 is 11.8 Å². The van der Waals surface area contributed by atoms with Gasteiger partial charge in [-0.1, -0.05) is 48.2 Å². The van der Waals surface area contributed by atoms with Crippen LogP contribution in [-0.4, -0.2) is 36.2 Å². The van der Waals surface area contributed by atoms with Gasteiger partial charge in [-0.15, -0.1) is 0 Å². The number of ether oxygens (including phenoxy) is 1. The van der Waals surface area contributed by atoms with Gasteiger partial charge in [0.25, 0.3) is 0 Å². The van der Waals surface area contributed by atoms with Crippen LogP contribution in [0.15, 0.2) is 47.5 Å². The number of hydrogen-bond acceptors (Lipinski definition) is 3. The summed E-state index contributed by atoms with van der Waals surface area (Å²) in [5.74, 6) is 0. The zero-order valence-corrected chi connectivity index (χ0v) is 11.9. The van der Waals surface area contributed by atoms with Crippen molar-refractivity contribution in [3.63, 3.8) is 0 Å². The van der Waals surface area contributed by atoms with Crippen LogP contribution in [0, 0.1) is 0 Å². The Kier molecular flexibility index (Phi) is 3.44. The third kappa shape index (κ3) is 2.46. The average molecular weight is 272 g/mol. The molecule has 0 unspecified atom stereocenters. The van der Waals surface area contributed by atoms with Crippen LogP contribution in [-0.2, 0) is 4.74 Å². The second-order valence-electron chi connectivity index (χ2n) is 4.56.